The standard InChI is InChI=1S/C24H40O3/c1-2-3-4-5-6-7-8-9-10-11-12-13-14-15-18-21-27-23-20-17-16-19-22(23)24(25)26/h16-17,19-20H,2-15,18,21H2,1H3,(H,25,26). The Labute approximate surface area is 166 Å². The number of aromatic carboxylic acids is 1. The minimum Gasteiger partial charge on any atom is -0.493 e. The fourth-order valence-corrected chi connectivity index (χ4v) is 3.42. The Hall–Kier alpha value is -1.51. The van der Waals surface area contributed by atoms with Gasteiger partial charge in [0.1, 0.15) is 11.3 Å². The van der Waals surface area contributed by atoms with E-state index < -0.39 is 5.97 Å². The van der Waals surface area contributed by atoms with Gasteiger partial charge < -0.3 is 9.84 Å². The third kappa shape index (κ3) is 12.5. The van der Waals surface area contributed by atoms with Crippen LogP contribution in [0.25, 0.3) is 0 Å². The summed E-state index contributed by atoms with van der Waals surface area (Å²) >= 11 is 0. The predicted octanol–water partition coefficient (Wildman–Crippen LogP) is 7.64. The molecule has 1 aromatic carbocycles. The molecule has 1 aromatic rings. The molecular weight excluding hydrogens is 336 g/mol. The van der Waals surface area contributed by atoms with Crippen molar-refractivity contribution in [2.75, 3.05) is 6.61 Å². The van der Waals surface area contributed by atoms with Crippen molar-refractivity contribution in [3.63, 3.8) is 0 Å². The second-order valence-electron chi connectivity index (χ2n) is 7.60. The van der Waals surface area contributed by atoms with Crippen LogP contribution < -0.4 is 4.74 Å². The molecule has 3 nitrogen and oxygen atoms in total. The van der Waals surface area contributed by atoms with Gasteiger partial charge in [-0.3, -0.25) is 0 Å². The molecule has 0 bridgehead atoms. The van der Waals surface area contributed by atoms with Crippen molar-refractivity contribution in [3.05, 3.63) is 29.8 Å². The first kappa shape index (κ1) is 23.5. The number of benzene rings is 1. The Morgan fingerprint density at radius 2 is 1.19 bits per heavy atom. The fraction of sp³-hybridized carbons (Fsp3) is 0.708. The molecule has 0 aliphatic carbocycles. The molecule has 1 rings (SSSR count). The number of carboxylic acids is 1. The molecular formula is C24H40O3. The van der Waals surface area contributed by atoms with E-state index in [1.165, 1.54) is 83.5 Å². The van der Waals surface area contributed by atoms with Crippen molar-refractivity contribution in [3.8, 4) is 5.75 Å². The molecule has 0 aliphatic heterocycles. The Balaban J connectivity index is 1.85. The normalized spacial score (nSPS) is 10.9. The smallest absolute Gasteiger partial charge is 0.339 e. The molecule has 0 aromatic heterocycles. The largest absolute Gasteiger partial charge is 0.493 e. The highest BCUT2D eigenvalue weighted by Gasteiger charge is 2.09. The van der Waals surface area contributed by atoms with E-state index in [0.717, 1.165) is 12.8 Å². The van der Waals surface area contributed by atoms with Crippen LogP contribution in [0.1, 0.15) is 114 Å². The minimum absolute atomic E-state index is 0.249. The Morgan fingerprint density at radius 1 is 0.741 bits per heavy atom. The van der Waals surface area contributed by atoms with Crippen LogP contribution in [-0.4, -0.2) is 17.7 Å². The summed E-state index contributed by atoms with van der Waals surface area (Å²) in [6, 6.07) is 6.86. The van der Waals surface area contributed by atoms with Crippen molar-refractivity contribution < 1.29 is 14.6 Å². The van der Waals surface area contributed by atoms with Crippen molar-refractivity contribution >= 4 is 5.97 Å². The van der Waals surface area contributed by atoms with Gasteiger partial charge in [-0.25, -0.2) is 4.79 Å². The van der Waals surface area contributed by atoms with Crippen LogP contribution in [0.3, 0.4) is 0 Å². The zero-order valence-corrected chi connectivity index (χ0v) is 17.4. The molecule has 0 saturated heterocycles. The SMILES string of the molecule is CCCCCCCCCCCCCCCCCOc1ccccc1C(=O)O. The lowest BCUT2D eigenvalue weighted by Crippen LogP contribution is -2.04. The zero-order valence-electron chi connectivity index (χ0n) is 17.4. The van der Waals surface area contributed by atoms with Crippen LogP contribution in [0.5, 0.6) is 5.75 Å². The van der Waals surface area contributed by atoms with Crippen LogP contribution in [-0.2, 0) is 0 Å². The van der Waals surface area contributed by atoms with E-state index in [1.807, 2.05) is 6.07 Å². The third-order valence-electron chi connectivity index (χ3n) is 5.12. The maximum Gasteiger partial charge on any atom is 0.339 e. The lowest BCUT2D eigenvalue weighted by Gasteiger charge is -2.08. The first-order valence-electron chi connectivity index (χ1n) is 11.2. The quantitative estimate of drug-likeness (QED) is 0.268. The number of para-hydroxylation sites is 1. The number of rotatable bonds is 18. The molecule has 27 heavy (non-hydrogen) atoms. The molecule has 0 amide bonds. The van der Waals surface area contributed by atoms with E-state index in [2.05, 4.69) is 6.92 Å². The maximum absolute atomic E-state index is 11.1. The Morgan fingerprint density at radius 3 is 1.67 bits per heavy atom. The zero-order chi connectivity index (χ0) is 19.6. The summed E-state index contributed by atoms with van der Waals surface area (Å²) in [5, 5.41) is 9.12. The number of hydrogen-bond donors (Lipinski definition) is 1. The molecule has 1 N–H and O–H groups in total. The number of unbranched alkanes of at least 4 members (excludes halogenated alkanes) is 14. The third-order valence-corrected chi connectivity index (χ3v) is 5.12. The van der Waals surface area contributed by atoms with E-state index >= 15 is 0 Å². The molecule has 0 aliphatic rings. The van der Waals surface area contributed by atoms with Crippen molar-refractivity contribution in [2.24, 2.45) is 0 Å². The highest BCUT2D eigenvalue weighted by Crippen LogP contribution is 2.18. The Kier molecular flexibility index (Phi) is 14.5. The van der Waals surface area contributed by atoms with E-state index in [-0.39, 0.29) is 5.56 Å². The van der Waals surface area contributed by atoms with Crippen molar-refractivity contribution in [1.82, 2.24) is 0 Å². The number of carboxylic acid groups (broad SMARTS) is 1. The van der Waals surface area contributed by atoms with Gasteiger partial charge in [0.25, 0.3) is 0 Å². The summed E-state index contributed by atoms with van der Waals surface area (Å²) in [5.41, 5.74) is 0.249. The van der Waals surface area contributed by atoms with Crippen molar-refractivity contribution in [1.29, 1.82) is 0 Å². The molecule has 0 unspecified atom stereocenters. The van der Waals surface area contributed by atoms with E-state index in [1.54, 1.807) is 18.2 Å². The maximum atomic E-state index is 11.1. The predicted molar refractivity (Wildman–Crippen MR) is 114 cm³/mol. The fourth-order valence-electron chi connectivity index (χ4n) is 3.42. The lowest BCUT2D eigenvalue weighted by atomic mass is 10.0. The van der Waals surface area contributed by atoms with Crippen LogP contribution in [0, 0.1) is 0 Å². The summed E-state index contributed by atoms with van der Waals surface area (Å²) in [6.07, 6.45) is 20.1. The van der Waals surface area contributed by atoms with Crippen LogP contribution >= 0.6 is 0 Å². The molecule has 0 heterocycles. The average Bonchev–Trinajstić information content (AvgIpc) is 2.68. The molecule has 154 valence electrons. The first-order chi connectivity index (χ1) is 13.3. The van der Waals surface area contributed by atoms with Gasteiger partial charge in [-0.05, 0) is 18.6 Å². The van der Waals surface area contributed by atoms with Crippen LogP contribution in [0.2, 0.25) is 0 Å². The van der Waals surface area contributed by atoms with E-state index in [0.29, 0.717) is 12.4 Å². The molecule has 3 heteroatoms. The minimum atomic E-state index is -0.929. The summed E-state index contributed by atoms with van der Waals surface area (Å²) in [7, 11) is 0. The highest BCUT2D eigenvalue weighted by molar-refractivity contribution is 5.90. The summed E-state index contributed by atoms with van der Waals surface area (Å²) in [5.74, 6) is -0.447. The van der Waals surface area contributed by atoms with Gasteiger partial charge in [0.05, 0.1) is 6.61 Å². The van der Waals surface area contributed by atoms with Gasteiger partial charge >= 0.3 is 5.97 Å². The molecule has 0 radical (unpaired) electrons. The van der Waals surface area contributed by atoms with E-state index in [9.17, 15) is 4.79 Å². The van der Waals surface area contributed by atoms with Crippen LogP contribution in [0.4, 0.5) is 0 Å². The summed E-state index contributed by atoms with van der Waals surface area (Å²) in [4.78, 5) is 11.1. The average molecular weight is 377 g/mol. The Bertz CT molecular complexity index is 484. The van der Waals surface area contributed by atoms with Gasteiger partial charge in [-0.1, -0.05) is 109 Å². The first-order valence-corrected chi connectivity index (χ1v) is 11.2. The molecule has 0 spiro atoms. The van der Waals surface area contributed by atoms with E-state index in [4.69, 9.17) is 9.84 Å². The lowest BCUT2D eigenvalue weighted by molar-refractivity contribution is 0.0692. The second-order valence-corrected chi connectivity index (χ2v) is 7.60. The molecule has 0 fully saturated rings. The highest BCUT2D eigenvalue weighted by atomic mass is 16.5. The van der Waals surface area contributed by atoms with Gasteiger partial charge in [-0.15, -0.1) is 0 Å². The summed E-state index contributed by atoms with van der Waals surface area (Å²) < 4.78 is 5.63. The van der Waals surface area contributed by atoms with Crippen LogP contribution in [0.15, 0.2) is 24.3 Å². The van der Waals surface area contributed by atoms with Gasteiger partial charge in [0.15, 0.2) is 0 Å². The van der Waals surface area contributed by atoms with Crippen molar-refractivity contribution in [2.45, 2.75) is 103 Å². The topological polar surface area (TPSA) is 46.5 Å². The summed E-state index contributed by atoms with van der Waals surface area (Å²) in [6.45, 7) is 2.87. The van der Waals surface area contributed by atoms with Gasteiger partial charge in [0, 0.05) is 0 Å². The number of hydrogen-bond acceptors (Lipinski definition) is 2. The molecule has 0 saturated carbocycles. The monoisotopic (exact) mass is 376 g/mol. The number of ether oxygens (including phenoxy) is 1. The van der Waals surface area contributed by atoms with Gasteiger partial charge in [-0.2, -0.15) is 0 Å². The second kappa shape index (κ2) is 16.6. The van der Waals surface area contributed by atoms with Gasteiger partial charge in [0.2, 0.25) is 0 Å². The number of carbonyl (C=O) groups is 1. The molecule has 0 atom stereocenters.